The molecule has 2 aromatic heterocycles. The normalized spacial score (nSPS) is 18.5. The largest absolute Gasteiger partial charge is 0.489 e. The third kappa shape index (κ3) is 12.2. The predicted octanol–water partition coefficient (Wildman–Crippen LogP) is 18.2. The van der Waals surface area contributed by atoms with Crippen molar-refractivity contribution in [3.05, 3.63) is 201 Å². The number of ether oxygens (including phenoxy) is 3. The number of methoxy groups -OCH3 is 1. The fraction of sp³-hybridized carbons (Fsp3) is 0.283. The number of sulfone groups is 1. The lowest BCUT2D eigenvalue weighted by Crippen LogP contribution is -2.12. The summed E-state index contributed by atoms with van der Waals surface area (Å²) in [5.74, 6) is 4.22. The first-order chi connectivity index (χ1) is 37.6. The third-order valence-corrected chi connectivity index (χ3v) is 19.0. The van der Waals surface area contributed by atoms with Gasteiger partial charge in [0.1, 0.15) is 47.6 Å². The van der Waals surface area contributed by atoms with Gasteiger partial charge in [-0.25, -0.2) is 8.42 Å². The van der Waals surface area contributed by atoms with E-state index in [9.17, 15) is 13.2 Å². The van der Waals surface area contributed by atoms with Crippen LogP contribution in [0.1, 0.15) is 125 Å². The summed E-state index contributed by atoms with van der Waals surface area (Å²) in [5, 5.41) is 12.0. The summed E-state index contributed by atoms with van der Waals surface area (Å²) in [6.45, 7) is 0.523. The molecular weight excluding hydrogens is 1200 g/mol. The molecule has 12 rings (SSSR count). The molecule has 18 heteroatoms. The van der Waals surface area contributed by atoms with Crippen LogP contribution in [0.2, 0.25) is 30.1 Å². The molecule has 0 saturated heterocycles. The van der Waals surface area contributed by atoms with E-state index in [-0.39, 0.29) is 35.5 Å². The number of hydrogen-bond acceptors (Lipinski definition) is 10. The first kappa shape index (κ1) is 54.9. The lowest BCUT2D eigenvalue weighted by Gasteiger charge is -2.11. The van der Waals surface area contributed by atoms with Gasteiger partial charge in [0, 0.05) is 37.5 Å². The molecule has 4 unspecified atom stereocenters. The van der Waals surface area contributed by atoms with Gasteiger partial charge < -0.3 is 23.3 Å². The van der Waals surface area contributed by atoms with Crippen molar-refractivity contribution in [2.75, 3.05) is 12.9 Å². The number of rotatable bonds is 18. The molecule has 6 aromatic carbocycles. The second-order valence-electron chi connectivity index (χ2n) is 20.1. The van der Waals surface area contributed by atoms with E-state index in [1.54, 1.807) is 42.5 Å². The van der Waals surface area contributed by atoms with Crippen molar-refractivity contribution in [3.8, 4) is 34.0 Å². The Morgan fingerprint density at radius 2 is 1.00 bits per heavy atom. The van der Waals surface area contributed by atoms with Crippen LogP contribution in [0.25, 0.3) is 22.5 Å². The highest BCUT2D eigenvalue weighted by atomic mass is 79.9. The van der Waals surface area contributed by atoms with Gasteiger partial charge in [-0.15, -0.1) is 0 Å². The molecule has 0 bridgehead atoms. The van der Waals surface area contributed by atoms with Crippen LogP contribution in [0.4, 0.5) is 0 Å². The maximum absolute atomic E-state index is 12.6. The van der Waals surface area contributed by atoms with E-state index in [0.717, 1.165) is 81.8 Å². The van der Waals surface area contributed by atoms with Gasteiger partial charge in [-0.05, 0) is 157 Å². The Bertz CT molecular complexity index is 3620. The van der Waals surface area contributed by atoms with Crippen LogP contribution in [-0.4, -0.2) is 37.6 Å². The molecule has 0 radical (unpaired) electrons. The minimum atomic E-state index is -3.57. The smallest absolute Gasteiger partial charge is 0.306 e. The van der Waals surface area contributed by atoms with Gasteiger partial charge in [-0.3, -0.25) is 4.79 Å². The van der Waals surface area contributed by atoms with Crippen molar-refractivity contribution in [1.82, 2.24) is 10.3 Å². The molecular formula is C60H49BrCl6N2O8S. The highest BCUT2D eigenvalue weighted by Crippen LogP contribution is 2.58. The molecule has 2 heterocycles. The van der Waals surface area contributed by atoms with Crippen molar-refractivity contribution in [1.29, 1.82) is 0 Å². The zero-order chi connectivity index (χ0) is 54.4. The number of carbonyl (C=O) groups excluding carboxylic acids is 1. The van der Waals surface area contributed by atoms with Gasteiger partial charge in [0.05, 0.1) is 55.4 Å². The van der Waals surface area contributed by atoms with Gasteiger partial charge in [0.25, 0.3) is 0 Å². The zero-order valence-corrected chi connectivity index (χ0v) is 48.7. The number of benzene rings is 6. The highest BCUT2D eigenvalue weighted by Gasteiger charge is 2.42. The number of halogens is 7. The van der Waals surface area contributed by atoms with Gasteiger partial charge in [-0.2, -0.15) is 0 Å². The van der Waals surface area contributed by atoms with Crippen LogP contribution in [0.5, 0.6) is 11.5 Å². The minimum absolute atomic E-state index is 0.180. The van der Waals surface area contributed by atoms with E-state index in [4.69, 9.17) is 88.1 Å². The minimum Gasteiger partial charge on any atom is -0.489 e. The lowest BCUT2D eigenvalue weighted by atomic mass is 10.0. The summed E-state index contributed by atoms with van der Waals surface area (Å²) in [4.78, 5) is 11.5. The molecule has 0 aliphatic heterocycles. The van der Waals surface area contributed by atoms with Gasteiger partial charge >= 0.3 is 5.97 Å². The van der Waals surface area contributed by atoms with Crippen LogP contribution < -0.4 is 9.47 Å². The zero-order valence-electron chi connectivity index (χ0n) is 41.8. The van der Waals surface area contributed by atoms with Crippen LogP contribution in [0.3, 0.4) is 0 Å². The van der Waals surface area contributed by atoms with E-state index in [0.29, 0.717) is 89.4 Å². The molecule has 78 heavy (non-hydrogen) atoms. The van der Waals surface area contributed by atoms with E-state index < -0.39 is 15.8 Å². The Morgan fingerprint density at radius 1 is 0.577 bits per heavy atom. The monoisotopic (exact) mass is 1250 g/mol. The highest BCUT2D eigenvalue weighted by molar-refractivity contribution is 9.10. The average Bonchev–Trinajstić information content (AvgIpc) is 4.28. The van der Waals surface area contributed by atoms with Crippen molar-refractivity contribution < 1.29 is 36.5 Å². The second kappa shape index (κ2) is 23.2. The Morgan fingerprint density at radius 3 is 1.40 bits per heavy atom. The van der Waals surface area contributed by atoms with Crippen LogP contribution >= 0.6 is 85.5 Å². The number of hydrogen-bond donors (Lipinski definition) is 0. The summed E-state index contributed by atoms with van der Waals surface area (Å²) >= 11 is 42.8. The maximum atomic E-state index is 12.6. The van der Waals surface area contributed by atoms with E-state index >= 15 is 0 Å². The number of aromatic nitrogens is 2. The molecule has 402 valence electrons. The molecule has 8 aromatic rings. The number of nitrogens with zero attached hydrogens (tertiary/aromatic N) is 2. The van der Waals surface area contributed by atoms with E-state index in [1.165, 1.54) is 18.2 Å². The van der Waals surface area contributed by atoms with Gasteiger partial charge in [0.15, 0.2) is 9.84 Å². The summed E-state index contributed by atoms with van der Waals surface area (Å²) in [7, 11) is -2.34. The average molecular weight is 1250 g/mol. The molecule has 4 fully saturated rings. The predicted molar refractivity (Wildman–Crippen MR) is 309 cm³/mol. The summed E-state index contributed by atoms with van der Waals surface area (Å²) in [5.41, 5.74) is 8.81. The molecule has 0 amide bonds. The van der Waals surface area contributed by atoms with Crippen LogP contribution in [0.15, 0.2) is 140 Å². The first-order valence-corrected chi connectivity index (χ1v) is 30.2. The SMILES string of the molecule is COC(=O)CCS(=O)(=O)c1ccc(C2CC2c2ccc(OCc3c(-c4c(Cl)cccc4Cl)noc3C3CC3)cc2Cl)cc1.Clc1cc(OCc2c(-c3c(Cl)cccc3Cl)noc2C2CC2)ccc1C1CC1c1ccc(Br)cc1. The Kier molecular flexibility index (Phi) is 16.3. The van der Waals surface area contributed by atoms with Gasteiger partial charge in [0.2, 0.25) is 0 Å². The van der Waals surface area contributed by atoms with Crippen LogP contribution in [-0.2, 0) is 32.6 Å². The van der Waals surface area contributed by atoms with Crippen molar-refractivity contribution in [3.63, 3.8) is 0 Å². The molecule has 0 spiro atoms. The second-order valence-corrected chi connectivity index (χ2v) is 25.6. The standard InChI is InChI=1S/C32H28Cl3NO6S.C28H21BrCl3NO2/c1-40-29(37)13-14-43(38,39)21-10-7-18(8-11-21)23-16-24(23)22-12-9-20(15-28(22)35)41-17-25-31(36-42-32(25)19-5-6-19)30-26(33)3-2-4-27(30)34;29-17-8-6-15(7-9-17)20-13-21(20)19-11-10-18(12-25(19)32)34-14-22-27(33-35-28(22)16-4-5-16)26-23(30)2-1-3-24(26)31/h2-4,7-12,15,19,23-24H,5-6,13-14,16-17H2,1H3;1-3,6-12,16,20-21H,4-5,13-14H2. The molecule has 10 nitrogen and oxygen atoms in total. The third-order valence-electron chi connectivity index (χ3n) is 14.8. The first-order valence-electron chi connectivity index (χ1n) is 25.5. The van der Waals surface area contributed by atoms with Gasteiger partial charge in [-0.1, -0.05) is 144 Å². The van der Waals surface area contributed by atoms with E-state index in [1.807, 2.05) is 48.5 Å². The number of esters is 1. The topological polar surface area (TPSA) is 131 Å². The van der Waals surface area contributed by atoms with Crippen molar-refractivity contribution >= 4 is 101 Å². The Labute approximate surface area is 490 Å². The summed E-state index contributed by atoms with van der Waals surface area (Å²) in [6.07, 6.45) is 6.07. The molecule has 4 atom stereocenters. The summed E-state index contributed by atoms with van der Waals surface area (Å²) < 4.78 is 54.6. The van der Waals surface area contributed by atoms with Crippen molar-refractivity contribution in [2.24, 2.45) is 0 Å². The maximum Gasteiger partial charge on any atom is 0.306 e. The molecule has 4 aliphatic carbocycles. The quantitative estimate of drug-likeness (QED) is 0.0765. The molecule has 4 saturated carbocycles. The van der Waals surface area contributed by atoms with Crippen LogP contribution in [0, 0.1) is 0 Å². The van der Waals surface area contributed by atoms with E-state index in [2.05, 4.69) is 61.3 Å². The lowest BCUT2D eigenvalue weighted by molar-refractivity contribution is -0.140. The number of carbonyl (C=O) groups is 1. The Balaban J connectivity index is 0.000000169. The Hall–Kier alpha value is -5.02. The summed E-state index contributed by atoms with van der Waals surface area (Å²) in [6, 6.07) is 37.8. The molecule has 0 N–H and O–H groups in total. The van der Waals surface area contributed by atoms with Crippen molar-refractivity contribution in [2.45, 2.75) is 98.6 Å². The fourth-order valence-corrected chi connectivity index (χ4v) is 13.3. The fourth-order valence-electron chi connectivity index (χ4n) is 10.1. The molecule has 4 aliphatic rings.